The number of para-hydroxylation sites is 1. The van der Waals surface area contributed by atoms with Crippen molar-refractivity contribution in [2.75, 3.05) is 6.61 Å². The number of rotatable bonds is 10. The minimum Gasteiger partial charge on any atom is -0.494 e. The summed E-state index contributed by atoms with van der Waals surface area (Å²) in [5.74, 6) is 0.383. The molecule has 0 bridgehead atoms. The van der Waals surface area contributed by atoms with E-state index in [0.717, 1.165) is 41.0 Å². The Morgan fingerprint density at radius 2 is 1.81 bits per heavy atom. The molecule has 6 heteroatoms. The summed E-state index contributed by atoms with van der Waals surface area (Å²) in [4.78, 5) is 12.9. The van der Waals surface area contributed by atoms with Gasteiger partial charge in [0.2, 0.25) is 0 Å². The summed E-state index contributed by atoms with van der Waals surface area (Å²) in [5, 5.41) is 17.5. The first-order chi connectivity index (χ1) is 18.1. The van der Waals surface area contributed by atoms with E-state index >= 15 is 0 Å². The molecule has 186 valence electrons. The van der Waals surface area contributed by atoms with Crippen molar-refractivity contribution in [1.29, 1.82) is 5.26 Å². The molecule has 1 heterocycles. The van der Waals surface area contributed by atoms with Crippen LogP contribution in [0.15, 0.2) is 90.6 Å². The van der Waals surface area contributed by atoms with Crippen LogP contribution in [0.4, 0.5) is 0 Å². The summed E-state index contributed by atoms with van der Waals surface area (Å²) in [5.41, 5.74) is 5.13. The van der Waals surface area contributed by atoms with Gasteiger partial charge in [0, 0.05) is 23.9 Å². The van der Waals surface area contributed by atoms with Gasteiger partial charge in [-0.05, 0) is 60.9 Å². The van der Waals surface area contributed by atoms with Crippen LogP contribution in [0.1, 0.15) is 36.5 Å². The van der Waals surface area contributed by atoms with Gasteiger partial charge in [-0.1, -0.05) is 61.9 Å². The maximum Gasteiger partial charge on any atom is 0.262 e. The van der Waals surface area contributed by atoms with Crippen molar-refractivity contribution in [1.82, 2.24) is 15.1 Å². The van der Waals surface area contributed by atoms with Crippen molar-refractivity contribution in [3.8, 4) is 28.8 Å². The van der Waals surface area contributed by atoms with E-state index < -0.39 is 5.91 Å². The van der Waals surface area contributed by atoms with Crippen LogP contribution in [0.3, 0.4) is 0 Å². The van der Waals surface area contributed by atoms with E-state index in [1.807, 2.05) is 92.0 Å². The molecule has 0 saturated heterocycles. The number of ether oxygens (including phenoxy) is 1. The molecule has 4 rings (SSSR count). The Morgan fingerprint density at radius 3 is 2.49 bits per heavy atom. The standard InChI is InChI=1S/C31H30N4O2/c1-3-4-17-37-28-15-16-29(23(2)18-28)30-26(22-35(34-30)27-13-9-6-10-14-27)19-25(20-32)31(36)33-21-24-11-7-5-8-12-24/h5-16,18-19,22H,3-4,17,21H2,1-2H3,(H,33,36)/b25-19-. The number of nitrogens with one attached hydrogen (secondary N) is 1. The molecule has 0 aliphatic rings. The summed E-state index contributed by atoms with van der Waals surface area (Å²) in [6.45, 7) is 5.16. The number of hydrogen-bond donors (Lipinski definition) is 1. The van der Waals surface area contributed by atoms with Gasteiger partial charge in [-0.15, -0.1) is 0 Å². The molecular formula is C31H30N4O2. The second-order valence-corrected chi connectivity index (χ2v) is 8.73. The van der Waals surface area contributed by atoms with Gasteiger partial charge in [0.05, 0.1) is 12.3 Å². The molecule has 0 aliphatic carbocycles. The second-order valence-electron chi connectivity index (χ2n) is 8.73. The maximum absolute atomic E-state index is 12.9. The molecule has 3 aromatic carbocycles. The van der Waals surface area contributed by atoms with Crippen molar-refractivity contribution in [2.24, 2.45) is 0 Å². The number of nitriles is 1. The van der Waals surface area contributed by atoms with Crippen LogP contribution in [-0.2, 0) is 11.3 Å². The van der Waals surface area contributed by atoms with E-state index in [-0.39, 0.29) is 5.57 Å². The molecule has 0 spiro atoms. The molecule has 0 radical (unpaired) electrons. The fraction of sp³-hybridized carbons (Fsp3) is 0.194. The topological polar surface area (TPSA) is 79.9 Å². The number of benzene rings is 3. The predicted molar refractivity (Wildman–Crippen MR) is 146 cm³/mol. The zero-order valence-electron chi connectivity index (χ0n) is 21.1. The summed E-state index contributed by atoms with van der Waals surface area (Å²) < 4.78 is 7.63. The van der Waals surface area contributed by atoms with Gasteiger partial charge in [0.25, 0.3) is 5.91 Å². The molecule has 1 aromatic heterocycles. The first kappa shape index (κ1) is 25.5. The first-order valence-corrected chi connectivity index (χ1v) is 12.4. The third kappa shape index (κ3) is 6.53. The lowest BCUT2D eigenvalue weighted by Gasteiger charge is -2.10. The molecule has 0 fully saturated rings. The average molecular weight is 491 g/mol. The van der Waals surface area contributed by atoms with Crippen molar-refractivity contribution in [2.45, 2.75) is 33.2 Å². The molecule has 0 atom stereocenters. The van der Waals surface area contributed by atoms with Gasteiger partial charge in [-0.25, -0.2) is 4.68 Å². The Kier molecular flexibility index (Phi) is 8.51. The van der Waals surface area contributed by atoms with Crippen LogP contribution in [0.2, 0.25) is 0 Å². The number of aromatic nitrogens is 2. The molecule has 1 N–H and O–H groups in total. The van der Waals surface area contributed by atoms with Gasteiger partial charge in [-0.2, -0.15) is 10.4 Å². The van der Waals surface area contributed by atoms with E-state index in [9.17, 15) is 10.1 Å². The van der Waals surface area contributed by atoms with Gasteiger partial charge < -0.3 is 10.1 Å². The third-order valence-electron chi connectivity index (χ3n) is 5.94. The number of amides is 1. The summed E-state index contributed by atoms with van der Waals surface area (Å²) in [6.07, 6.45) is 5.52. The largest absolute Gasteiger partial charge is 0.494 e. The minimum atomic E-state index is -0.429. The Balaban J connectivity index is 1.68. The van der Waals surface area contributed by atoms with E-state index in [4.69, 9.17) is 9.84 Å². The van der Waals surface area contributed by atoms with Crippen molar-refractivity contribution >= 4 is 12.0 Å². The van der Waals surface area contributed by atoms with Crippen LogP contribution in [0.5, 0.6) is 5.75 Å². The summed E-state index contributed by atoms with van der Waals surface area (Å²) in [6, 6.07) is 27.3. The Hall–Kier alpha value is -4.63. The van der Waals surface area contributed by atoms with Gasteiger partial charge >= 0.3 is 0 Å². The predicted octanol–water partition coefficient (Wildman–Crippen LogP) is 6.25. The lowest BCUT2D eigenvalue weighted by Crippen LogP contribution is -2.23. The Morgan fingerprint density at radius 1 is 1.08 bits per heavy atom. The lowest BCUT2D eigenvalue weighted by molar-refractivity contribution is -0.117. The lowest BCUT2D eigenvalue weighted by atomic mass is 10.0. The fourth-order valence-electron chi connectivity index (χ4n) is 3.92. The van der Waals surface area contributed by atoms with Crippen LogP contribution < -0.4 is 10.1 Å². The van der Waals surface area contributed by atoms with E-state index in [1.54, 1.807) is 10.8 Å². The van der Waals surface area contributed by atoms with Crippen LogP contribution in [0, 0.1) is 18.3 Å². The van der Waals surface area contributed by atoms with Crippen molar-refractivity contribution in [3.63, 3.8) is 0 Å². The number of carbonyl (C=O) groups excluding carboxylic acids is 1. The Labute approximate surface area is 217 Å². The van der Waals surface area contributed by atoms with E-state index in [1.165, 1.54) is 0 Å². The van der Waals surface area contributed by atoms with E-state index in [0.29, 0.717) is 24.4 Å². The fourth-order valence-corrected chi connectivity index (χ4v) is 3.92. The molecule has 1 amide bonds. The van der Waals surface area contributed by atoms with Crippen LogP contribution >= 0.6 is 0 Å². The van der Waals surface area contributed by atoms with Crippen molar-refractivity contribution in [3.05, 3.63) is 107 Å². The monoisotopic (exact) mass is 490 g/mol. The molecule has 4 aromatic rings. The Bertz CT molecular complexity index is 1420. The highest BCUT2D eigenvalue weighted by atomic mass is 16.5. The number of hydrogen-bond acceptors (Lipinski definition) is 4. The summed E-state index contributed by atoms with van der Waals surface area (Å²) >= 11 is 0. The molecule has 0 aliphatic heterocycles. The molecule has 37 heavy (non-hydrogen) atoms. The normalized spacial score (nSPS) is 11.1. The van der Waals surface area contributed by atoms with Crippen LogP contribution in [-0.4, -0.2) is 22.3 Å². The zero-order valence-corrected chi connectivity index (χ0v) is 21.1. The highest BCUT2D eigenvalue weighted by molar-refractivity contribution is 6.02. The third-order valence-corrected chi connectivity index (χ3v) is 5.94. The van der Waals surface area contributed by atoms with Gasteiger partial charge in [0.15, 0.2) is 0 Å². The zero-order chi connectivity index (χ0) is 26.0. The maximum atomic E-state index is 12.9. The number of carbonyl (C=O) groups is 1. The molecule has 0 saturated carbocycles. The molecular weight excluding hydrogens is 460 g/mol. The first-order valence-electron chi connectivity index (χ1n) is 12.4. The number of unbranched alkanes of at least 4 members (excludes halogenated alkanes) is 1. The second kappa shape index (κ2) is 12.4. The van der Waals surface area contributed by atoms with Gasteiger partial charge in [-0.3, -0.25) is 4.79 Å². The SMILES string of the molecule is CCCCOc1ccc(-c2nn(-c3ccccc3)cc2/C=C(/C#N)C(=O)NCc2ccccc2)c(C)c1. The number of aryl methyl sites for hydroxylation is 1. The molecule has 0 unspecified atom stereocenters. The quantitative estimate of drug-likeness (QED) is 0.162. The number of nitrogens with zero attached hydrogens (tertiary/aromatic N) is 3. The van der Waals surface area contributed by atoms with Gasteiger partial charge in [0.1, 0.15) is 23.1 Å². The van der Waals surface area contributed by atoms with E-state index in [2.05, 4.69) is 18.3 Å². The van der Waals surface area contributed by atoms with Crippen LogP contribution in [0.25, 0.3) is 23.0 Å². The molecule has 6 nitrogen and oxygen atoms in total. The smallest absolute Gasteiger partial charge is 0.262 e. The highest BCUT2D eigenvalue weighted by Crippen LogP contribution is 2.31. The summed E-state index contributed by atoms with van der Waals surface area (Å²) in [7, 11) is 0. The minimum absolute atomic E-state index is 0.0157. The van der Waals surface area contributed by atoms with Crippen molar-refractivity contribution < 1.29 is 9.53 Å². The highest BCUT2D eigenvalue weighted by Gasteiger charge is 2.17. The average Bonchev–Trinajstić information content (AvgIpc) is 3.35.